The highest BCUT2D eigenvalue weighted by molar-refractivity contribution is 6.37. The number of allylic oxidation sites excluding steroid dienone is 1. The highest BCUT2D eigenvalue weighted by Gasteiger charge is 2.25. The molecule has 2 heterocycles. The van der Waals surface area contributed by atoms with E-state index in [1.54, 1.807) is 42.5 Å². The Morgan fingerprint density at radius 2 is 1.70 bits per heavy atom. The van der Waals surface area contributed by atoms with Crippen LogP contribution in [0.5, 0.6) is 0 Å². The molecular formula is C25H23Cl3F2N6O. The SMILES string of the molecule is C=C(C)Cc1nc(Cn2nc(-c3ccc(Cl)cc3)n(CCC(C)(F)F)c2=O)nn1-c1c(Cl)cccc1Cl. The molecule has 0 radical (unpaired) electrons. The first-order valence-electron chi connectivity index (χ1n) is 11.3. The zero-order valence-corrected chi connectivity index (χ0v) is 22.3. The number of alkyl halides is 2. The van der Waals surface area contributed by atoms with Crippen LogP contribution in [0.15, 0.2) is 59.4 Å². The molecule has 0 aliphatic rings. The summed E-state index contributed by atoms with van der Waals surface area (Å²) < 4.78 is 31.2. The molecule has 0 spiro atoms. The number of hydrogen-bond acceptors (Lipinski definition) is 4. The van der Waals surface area contributed by atoms with E-state index in [2.05, 4.69) is 21.8 Å². The van der Waals surface area contributed by atoms with Crippen molar-refractivity contribution in [2.24, 2.45) is 0 Å². The normalized spacial score (nSPS) is 11.8. The molecule has 0 fully saturated rings. The van der Waals surface area contributed by atoms with Crippen LogP contribution in [-0.4, -0.2) is 35.0 Å². The van der Waals surface area contributed by atoms with Gasteiger partial charge in [-0.25, -0.2) is 27.9 Å². The molecule has 12 heteroatoms. The molecule has 0 unspecified atom stereocenters. The summed E-state index contributed by atoms with van der Waals surface area (Å²) in [6, 6.07) is 11.7. The lowest BCUT2D eigenvalue weighted by atomic mass is 10.2. The van der Waals surface area contributed by atoms with Gasteiger partial charge in [-0.05, 0) is 50.2 Å². The maximum Gasteiger partial charge on any atom is 0.346 e. The molecule has 0 atom stereocenters. The summed E-state index contributed by atoms with van der Waals surface area (Å²) in [4.78, 5) is 17.9. The van der Waals surface area contributed by atoms with Gasteiger partial charge >= 0.3 is 5.69 Å². The topological polar surface area (TPSA) is 70.5 Å². The third-order valence-corrected chi connectivity index (χ3v) is 6.28. The van der Waals surface area contributed by atoms with E-state index in [4.69, 9.17) is 34.8 Å². The van der Waals surface area contributed by atoms with Gasteiger partial charge in [-0.15, -0.1) is 10.2 Å². The zero-order valence-electron chi connectivity index (χ0n) is 20.1. The molecule has 2 aromatic carbocycles. The molecule has 0 amide bonds. The van der Waals surface area contributed by atoms with Crippen molar-refractivity contribution in [3.05, 3.63) is 91.8 Å². The number of para-hydroxylation sites is 1. The van der Waals surface area contributed by atoms with Gasteiger partial charge < -0.3 is 0 Å². The number of rotatable bonds is 9. The fourth-order valence-corrected chi connectivity index (χ4v) is 4.40. The van der Waals surface area contributed by atoms with Crippen LogP contribution in [-0.2, 0) is 19.5 Å². The Kier molecular flexibility index (Phi) is 7.87. The van der Waals surface area contributed by atoms with Gasteiger partial charge in [0.25, 0.3) is 0 Å². The summed E-state index contributed by atoms with van der Waals surface area (Å²) in [5.74, 6) is -1.93. The van der Waals surface area contributed by atoms with Crippen molar-refractivity contribution in [2.45, 2.75) is 45.7 Å². The average Bonchev–Trinajstić information content (AvgIpc) is 3.32. The smallest absolute Gasteiger partial charge is 0.275 e. The fraction of sp³-hybridized carbons (Fsp3) is 0.280. The molecule has 0 saturated carbocycles. The van der Waals surface area contributed by atoms with E-state index < -0.39 is 18.0 Å². The highest BCUT2D eigenvalue weighted by Crippen LogP contribution is 2.29. The molecule has 37 heavy (non-hydrogen) atoms. The monoisotopic (exact) mass is 566 g/mol. The van der Waals surface area contributed by atoms with Crippen LogP contribution in [0.25, 0.3) is 17.1 Å². The van der Waals surface area contributed by atoms with Crippen molar-refractivity contribution < 1.29 is 8.78 Å². The van der Waals surface area contributed by atoms with Gasteiger partial charge in [0, 0.05) is 30.0 Å². The third kappa shape index (κ3) is 6.29. The van der Waals surface area contributed by atoms with E-state index in [-0.39, 0.29) is 24.7 Å². The Balaban J connectivity index is 1.78. The summed E-state index contributed by atoms with van der Waals surface area (Å²) in [5.41, 5.74) is 1.27. The number of aromatic nitrogens is 6. The summed E-state index contributed by atoms with van der Waals surface area (Å²) in [7, 11) is 0. The Hall–Kier alpha value is -3.01. The molecule has 7 nitrogen and oxygen atoms in total. The quantitative estimate of drug-likeness (QED) is 0.218. The third-order valence-electron chi connectivity index (χ3n) is 5.42. The Morgan fingerprint density at radius 1 is 1.05 bits per heavy atom. The van der Waals surface area contributed by atoms with Gasteiger partial charge in [-0.1, -0.05) is 53.0 Å². The Morgan fingerprint density at radius 3 is 2.30 bits per heavy atom. The van der Waals surface area contributed by atoms with Gasteiger partial charge in [0.2, 0.25) is 5.92 Å². The second-order valence-electron chi connectivity index (χ2n) is 8.80. The first kappa shape index (κ1) is 27.0. The van der Waals surface area contributed by atoms with Gasteiger partial charge in [-0.2, -0.15) is 0 Å². The van der Waals surface area contributed by atoms with Gasteiger partial charge in [0.15, 0.2) is 11.6 Å². The standard InChI is InChI=1S/C25H23Cl3F2N6O/c1-15(2)13-21-31-20(32-36(21)22-18(27)5-4-6-19(22)28)14-35-24(37)34(12-11-25(3,29)30)23(33-35)16-7-9-17(26)10-8-16/h4-10H,1,11-14H2,2-3H3. The van der Waals surface area contributed by atoms with Gasteiger partial charge in [0.05, 0.1) is 10.0 Å². The van der Waals surface area contributed by atoms with Crippen molar-refractivity contribution in [1.29, 1.82) is 0 Å². The second kappa shape index (κ2) is 10.8. The van der Waals surface area contributed by atoms with E-state index in [1.165, 1.54) is 9.25 Å². The first-order valence-corrected chi connectivity index (χ1v) is 12.4. The molecule has 4 rings (SSSR count). The van der Waals surface area contributed by atoms with Crippen LogP contribution in [0, 0.1) is 0 Å². The summed E-state index contributed by atoms with van der Waals surface area (Å²) in [5, 5.41) is 10.2. The maximum atomic E-state index is 13.6. The minimum absolute atomic E-state index is 0.104. The lowest BCUT2D eigenvalue weighted by Gasteiger charge is -2.11. The van der Waals surface area contributed by atoms with E-state index in [0.29, 0.717) is 38.6 Å². The molecule has 0 saturated heterocycles. The average molecular weight is 568 g/mol. The number of benzene rings is 2. The predicted molar refractivity (Wildman–Crippen MR) is 141 cm³/mol. The van der Waals surface area contributed by atoms with Crippen LogP contribution in [0.4, 0.5) is 8.78 Å². The van der Waals surface area contributed by atoms with E-state index >= 15 is 0 Å². The van der Waals surface area contributed by atoms with Crippen molar-refractivity contribution in [3.63, 3.8) is 0 Å². The molecule has 0 aliphatic heterocycles. The summed E-state index contributed by atoms with van der Waals surface area (Å²) >= 11 is 18.8. The van der Waals surface area contributed by atoms with Crippen molar-refractivity contribution >= 4 is 34.8 Å². The number of hydrogen-bond donors (Lipinski definition) is 0. The van der Waals surface area contributed by atoms with Crippen LogP contribution in [0.1, 0.15) is 31.9 Å². The molecular weight excluding hydrogens is 545 g/mol. The first-order chi connectivity index (χ1) is 17.4. The lowest BCUT2D eigenvalue weighted by Crippen LogP contribution is -2.28. The van der Waals surface area contributed by atoms with E-state index in [1.807, 2.05) is 6.92 Å². The molecule has 194 valence electrons. The van der Waals surface area contributed by atoms with Crippen LogP contribution in [0.3, 0.4) is 0 Å². The molecule has 0 aliphatic carbocycles. The largest absolute Gasteiger partial charge is 0.346 e. The summed E-state index contributed by atoms with van der Waals surface area (Å²) in [6.45, 7) is 6.27. The molecule has 2 aromatic heterocycles. The number of nitrogens with zero attached hydrogens (tertiary/aromatic N) is 6. The predicted octanol–water partition coefficient (Wildman–Crippen LogP) is 6.46. The maximum absolute atomic E-state index is 13.6. The van der Waals surface area contributed by atoms with Crippen molar-refractivity contribution in [2.75, 3.05) is 0 Å². The minimum atomic E-state index is -2.95. The van der Waals surface area contributed by atoms with Crippen LogP contribution in [0.2, 0.25) is 15.1 Å². The van der Waals surface area contributed by atoms with Crippen molar-refractivity contribution in [3.8, 4) is 17.1 Å². The lowest BCUT2D eigenvalue weighted by molar-refractivity contribution is 0.00854. The van der Waals surface area contributed by atoms with E-state index in [0.717, 1.165) is 17.2 Å². The minimum Gasteiger partial charge on any atom is -0.275 e. The van der Waals surface area contributed by atoms with E-state index in [9.17, 15) is 13.6 Å². The zero-order chi connectivity index (χ0) is 26.9. The van der Waals surface area contributed by atoms with Gasteiger partial charge in [-0.3, -0.25) is 4.57 Å². The van der Waals surface area contributed by atoms with Gasteiger partial charge in [0.1, 0.15) is 18.1 Å². The molecule has 4 aromatic rings. The fourth-order valence-electron chi connectivity index (χ4n) is 3.71. The van der Waals surface area contributed by atoms with Crippen LogP contribution >= 0.6 is 34.8 Å². The molecule has 0 N–H and O–H groups in total. The highest BCUT2D eigenvalue weighted by atomic mass is 35.5. The Labute approximate surface area is 226 Å². The Bertz CT molecular complexity index is 1480. The second-order valence-corrected chi connectivity index (χ2v) is 10.1. The van der Waals surface area contributed by atoms with Crippen molar-refractivity contribution in [1.82, 2.24) is 29.1 Å². The number of halogens is 5. The summed E-state index contributed by atoms with van der Waals surface area (Å²) in [6.07, 6.45) is -0.140. The molecule has 0 bridgehead atoms. The van der Waals surface area contributed by atoms with Crippen LogP contribution < -0.4 is 5.69 Å².